The largest absolute Gasteiger partial charge is 0.394 e. The first-order valence-electron chi connectivity index (χ1n) is 28.1. The number of unbranched alkanes of at least 4 members (excludes halogenated alkanes) is 29. The topological polar surface area (TPSA) is 228 Å². The Morgan fingerprint density at radius 2 is 0.913 bits per heavy atom. The van der Waals surface area contributed by atoms with E-state index in [1.165, 1.54) is 141 Å². The molecule has 0 radical (unpaired) electrons. The van der Waals surface area contributed by atoms with Gasteiger partial charge in [-0.25, -0.2) is 0 Å². The highest BCUT2D eigenvalue weighted by Crippen LogP contribution is 2.30. The highest BCUT2D eigenvalue weighted by molar-refractivity contribution is 5.76. The fraction of sp³-hybridized carbons (Fsp3) is 0.909. The molecule has 69 heavy (non-hydrogen) atoms. The standard InChI is InChI=1S/C55H103NO13/c1-3-5-7-9-11-13-15-17-19-21-22-23-24-26-28-30-32-34-36-38-44(59)43(56-47(60)39-37-35-33-31-29-27-25-20-18-16-14-12-10-8-6-4-2)42-66-54-52(65)50(63)53(46(41-58)68-54)69-55-51(64)49(62)48(61)45(40-57)67-55/h20,25,36,38,43-46,48-55,57-59,61-65H,3-19,21-24,26-35,37,39-42H2,1-2H3,(H,56,60)/b25-20-,38-36+. The average Bonchev–Trinajstić information content (AvgIpc) is 3.35. The maximum absolute atomic E-state index is 13.2. The van der Waals surface area contributed by atoms with Gasteiger partial charge in [-0.2, -0.15) is 0 Å². The van der Waals surface area contributed by atoms with Gasteiger partial charge >= 0.3 is 0 Å². The summed E-state index contributed by atoms with van der Waals surface area (Å²) in [7, 11) is 0. The number of carbonyl (C=O) groups excluding carboxylic acids is 1. The van der Waals surface area contributed by atoms with Crippen molar-refractivity contribution in [3.63, 3.8) is 0 Å². The lowest BCUT2D eigenvalue weighted by atomic mass is 9.97. The number of aliphatic hydroxyl groups excluding tert-OH is 8. The van der Waals surface area contributed by atoms with Crippen LogP contribution >= 0.6 is 0 Å². The summed E-state index contributed by atoms with van der Waals surface area (Å²) in [6.45, 7) is 2.80. The Kier molecular flexibility index (Phi) is 38.6. The molecule has 2 aliphatic rings. The van der Waals surface area contributed by atoms with Crippen molar-refractivity contribution in [1.82, 2.24) is 5.32 Å². The van der Waals surface area contributed by atoms with Crippen molar-refractivity contribution in [2.75, 3.05) is 19.8 Å². The number of hydrogen-bond donors (Lipinski definition) is 9. The number of hydrogen-bond acceptors (Lipinski definition) is 13. The molecule has 2 rings (SSSR count). The van der Waals surface area contributed by atoms with Gasteiger partial charge in [-0.1, -0.05) is 199 Å². The number of carbonyl (C=O) groups is 1. The number of rotatable bonds is 44. The van der Waals surface area contributed by atoms with E-state index in [1.807, 2.05) is 6.08 Å². The minimum Gasteiger partial charge on any atom is -0.394 e. The van der Waals surface area contributed by atoms with Crippen LogP contribution in [0.5, 0.6) is 0 Å². The molecular weight excluding hydrogens is 883 g/mol. The fourth-order valence-electron chi connectivity index (χ4n) is 9.29. The average molecular weight is 986 g/mol. The van der Waals surface area contributed by atoms with Crippen LogP contribution in [0.3, 0.4) is 0 Å². The third-order valence-electron chi connectivity index (χ3n) is 13.9. The lowest BCUT2D eigenvalue weighted by Gasteiger charge is -2.46. The second kappa shape index (κ2) is 41.9. The Morgan fingerprint density at radius 3 is 1.38 bits per heavy atom. The van der Waals surface area contributed by atoms with Crippen molar-refractivity contribution >= 4 is 5.91 Å². The summed E-state index contributed by atoms with van der Waals surface area (Å²) in [4.78, 5) is 13.2. The maximum Gasteiger partial charge on any atom is 0.220 e. The van der Waals surface area contributed by atoms with Crippen molar-refractivity contribution < 1.29 is 64.6 Å². The summed E-state index contributed by atoms with van der Waals surface area (Å²) >= 11 is 0. The van der Waals surface area contributed by atoms with Crippen LogP contribution in [0.15, 0.2) is 24.3 Å². The summed E-state index contributed by atoms with van der Waals surface area (Å²) in [5.41, 5.74) is 0. The first kappa shape index (κ1) is 63.6. The molecule has 0 aromatic heterocycles. The predicted octanol–water partition coefficient (Wildman–Crippen LogP) is 8.50. The van der Waals surface area contributed by atoms with Crippen LogP contribution in [0.2, 0.25) is 0 Å². The molecule has 12 atom stereocenters. The summed E-state index contributed by atoms with van der Waals surface area (Å²) in [6.07, 6.45) is 30.7. The first-order valence-corrected chi connectivity index (χ1v) is 28.1. The van der Waals surface area contributed by atoms with Crippen LogP contribution in [-0.2, 0) is 23.7 Å². The molecule has 14 heteroatoms. The number of allylic oxidation sites excluding steroid dienone is 3. The van der Waals surface area contributed by atoms with Crippen LogP contribution in [0.1, 0.15) is 226 Å². The van der Waals surface area contributed by atoms with Crippen LogP contribution in [-0.4, -0.2) is 140 Å². The summed E-state index contributed by atoms with van der Waals surface area (Å²) in [5.74, 6) is -0.246. The molecule has 2 aliphatic heterocycles. The molecule has 1 amide bonds. The van der Waals surface area contributed by atoms with Gasteiger partial charge in [-0.15, -0.1) is 0 Å². The summed E-state index contributed by atoms with van der Waals surface area (Å²) < 4.78 is 22.7. The molecule has 0 saturated carbocycles. The molecule has 406 valence electrons. The van der Waals surface area contributed by atoms with Crippen LogP contribution < -0.4 is 5.32 Å². The molecule has 0 aromatic carbocycles. The van der Waals surface area contributed by atoms with Crippen molar-refractivity contribution in [2.45, 2.75) is 299 Å². The Bertz CT molecular complexity index is 1260. The molecule has 14 nitrogen and oxygen atoms in total. The minimum atomic E-state index is -1.79. The number of ether oxygens (including phenoxy) is 4. The van der Waals surface area contributed by atoms with Gasteiger partial charge in [-0.05, 0) is 44.9 Å². The molecule has 12 unspecified atom stereocenters. The van der Waals surface area contributed by atoms with Crippen LogP contribution in [0.25, 0.3) is 0 Å². The second-order valence-corrected chi connectivity index (χ2v) is 20.1. The molecule has 0 spiro atoms. The van der Waals surface area contributed by atoms with Gasteiger partial charge in [0.05, 0.1) is 32.0 Å². The third kappa shape index (κ3) is 28.5. The van der Waals surface area contributed by atoms with E-state index in [0.717, 1.165) is 57.8 Å². The molecule has 0 bridgehead atoms. The molecule has 0 aromatic rings. The molecule has 2 heterocycles. The quantitative estimate of drug-likeness (QED) is 0.0206. The lowest BCUT2D eigenvalue weighted by molar-refractivity contribution is -0.359. The fourth-order valence-corrected chi connectivity index (χ4v) is 9.29. The smallest absolute Gasteiger partial charge is 0.220 e. The highest BCUT2D eigenvalue weighted by atomic mass is 16.7. The third-order valence-corrected chi connectivity index (χ3v) is 13.9. The molecule has 0 aliphatic carbocycles. The zero-order chi connectivity index (χ0) is 50.3. The van der Waals surface area contributed by atoms with Gasteiger partial charge in [-0.3, -0.25) is 4.79 Å². The second-order valence-electron chi connectivity index (χ2n) is 20.1. The van der Waals surface area contributed by atoms with Crippen LogP contribution in [0, 0.1) is 0 Å². The van der Waals surface area contributed by atoms with E-state index < -0.39 is 86.8 Å². The van der Waals surface area contributed by atoms with Crippen molar-refractivity contribution in [1.29, 1.82) is 0 Å². The van der Waals surface area contributed by atoms with Gasteiger partial charge in [0.1, 0.15) is 48.8 Å². The molecule has 2 saturated heterocycles. The van der Waals surface area contributed by atoms with Gasteiger partial charge < -0.3 is 65.1 Å². The van der Waals surface area contributed by atoms with Crippen molar-refractivity contribution in [3.8, 4) is 0 Å². The van der Waals surface area contributed by atoms with Gasteiger partial charge in [0.2, 0.25) is 5.91 Å². The van der Waals surface area contributed by atoms with E-state index in [4.69, 9.17) is 18.9 Å². The Morgan fingerprint density at radius 1 is 0.507 bits per heavy atom. The minimum absolute atomic E-state index is 0.246. The van der Waals surface area contributed by atoms with Gasteiger partial charge in [0, 0.05) is 6.42 Å². The first-order chi connectivity index (χ1) is 33.6. The number of amides is 1. The SMILES string of the molecule is CCCCCCCCC/C=C\CCCCCCCC(=O)NC(COC1OC(CO)C(OC2OC(CO)C(O)C(O)C2O)C(O)C1O)C(O)/C=C/CCCCCCCCCCCCCCCCCCC. The lowest BCUT2D eigenvalue weighted by Crippen LogP contribution is -2.65. The Balaban J connectivity index is 1.81. The van der Waals surface area contributed by atoms with E-state index >= 15 is 0 Å². The van der Waals surface area contributed by atoms with E-state index in [9.17, 15) is 45.6 Å². The van der Waals surface area contributed by atoms with Gasteiger partial charge in [0.15, 0.2) is 12.6 Å². The zero-order valence-corrected chi connectivity index (χ0v) is 43.3. The van der Waals surface area contributed by atoms with E-state index in [0.29, 0.717) is 6.42 Å². The maximum atomic E-state index is 13.2. The van der Waals surface area contributed by atoms with Crippen LogP contribution in [0.4, 0.5) is 0 Å². The molecule has 9 N–H and O–H groups in total. The summed E-state index contributed by atoms with van der Waals surface area (Å²) in [6, 6.07) is -0.916. The highest BCUT2D eigenvalue weighted by Gasteiger charge is 2.51. The molecular formula is C55H103NO13. The Labute approximate surface area is 418 Å². The van der Waals surface area contributed by atoms with E-state index in [2.05, 4.69) is 31.3 Å². The van der Waals surface area contributed by atoms with Gasteiger partial charge in [0.25, 0.3) is 0 Å². The monoisotopic (exact) mass is 986 g/mol. The van der Waals surface area contributed by atoms with Crippen molar-refractivity contribution in [3.05, 3.63) is 24.3 Å². The predicted molar refractivity (Wildman–Crippen MR) is 272 cm³/mol. The number of nitrogens with one attached hydrogen (secondary N) is 1. The van der Waals surface area contributed by atoms with Crippen molar-refractivity contribution in [2.24, 2.45) is 0 Å². The Hall–Kier alpha value is -1.53. The van der Waals surface area contributed by atoms with E-state index in [1.54, 1.807) is 6.08 Å². The zero-order valence-electron chi connectivity index (χ0n) is 43.3. The molecule has 2 fully saturated rings. The normalized spacial score (nSPS) is 26.3. The summed E-state index contributed by atoms with van der Waals surface area (Å²) in [5, 5.41) is 86.9. The number of aliphatic hydroxyl groups is 8. The van der Waals surface area contributed by atoms with E-state index in [-0.39, 0.29) is 18.9 Å².